The number of ether oxygens (including phenoxy) is 1. The number of alkyl halides is 3. The van der Waals surface area contributed by atoms with Crippen LogP contribution in [0.4, 0.5) is 13.2 Å². The lowest BCUT2D eigenvalue weighted by Gasteiger charge is -2.31. The molecule has 1 N–H and O–H groups in total. The van der Waals surface area contributed by atoms with Crippen molar-refractivity contribution in [1.82, 2.24) is 4.90 Å². The van der Waals surface area contributed by atoms with E-state index in [0.29, 0.717) is 19.3 Å². The lowest BCUT2D eigenvalue weighted by Crippen LogP contribution is -2.26. The number of aryl methyl sites for hydroxylation is 1. The SMILES string of the molecule is Cl.O=C(O)c1ccc2c(c1)CCCC(C1CCC(F)(F)CC1)=C2c1cccc(OC2CCN(CCCF)C2)c1. The molecular weight excluding hydrogens is 527 g/mol. The lowest BCUT2D eigenvalue weighted by atomic mass is 9.77. The van der Waals surface area contributed by atoms with Crippen LogP contribution in [0.1, 0.15) is 78.4 Å². The molecule has 1 saturated heterocycles. The van der Waals surface area contributed by atoms with Crippen molar-refractivity contribution in [2.75, 3.05) is 26.3 Å². The first kappa shape index (κ1) is 29.5. The van der Waals surface area contributed by atoms with Gasteiger partial charge in [0.05, 0.1) is 12.2 Å². The van der Waals surface area contributed by atoms with Gasteiger partial charge in [-0.3, -0.25) is 9.29 Å². The Morgan fingerprint density at radius 1 is 1.08 bits per heavy atom. The van der Waals surface area contributed by atoms with Crippen LogP contribution < -0.4 is 4.74 Å². The first-order chi connectivity index (χ1) is 18.3. The molecule has 0 spiro atoms. The van der Waals surface area contributed by atoms with Crippen molar-refractivity contribution in [2.24, 2.45) is 5.92 Å². The number of nitrogens with zero attached hydrogens (tertiary/aromatic N) is 1. The third-order valence-electron chi connectivity index (χ3n) is 8.31. The summed E-state index contributed by atoms with van der Waals surface area (Å²) in [4.78, 5) is 13.9. The molecule has 1 saturated carbocycles. The number of fused-ring (bicyclic) bond motifs is 1. The fraction of sp³-hybridized carbons (Fsp3) is 0.516. The first-order valence-electron chi connectivity index (χ1n) is 13.9. The number of aromatic carboxylic acids is 1. The zero-order valence-electron chi connectivity index (χ0n) is 22.1. The number of carboxylic acids is 1. The van der Waals surface area contributed by atoms with Gasteiger partial charge in [-0.25, -0.2) is 13.6 Å². The van der Waals surface area contributed by atoms with E-state index >= 15 is 0 Å². The third kappa shape index (κ3) is 6.98. The van der Waals surface area contributed by atoms with Gasteiger partial charge in [0.1, 0.15) is 11.9 Å². The Labute approximate surface area is 234 Å². The summed E-state index contributed by atoms with van der Waals surface area (Å²) in [5.74, 6) is -2.71. The van der Waals surface area contributed by atoms with Gasteiger partial charge in [0, 0.05) is 32.5 Å². The molecule has 0 bridgehead atoms. The fourth-order valence-electron chi connectivity index (χ4n) is 6.38. The summed E-state index contributed by atoms with van der Waals surface area (Å²) in [7, 11) is 0. The van der Waals surface area contributed by atoms with Gasteiger partial charge < -0.3 is 9.84 Å². The molecule has 1 atom stereocenters. The highest BCUT2D eigenvalue weighted by Gasteiger charge is 2.37. The number of hydrogen-bond donors (Lipinski definition) is 1. The molecule has 212 valence electrons. The molecular formula is C31H37ClF3NO3. The van der Waals surface area contributed by atoms with Crippen LogP contribution in [0.2, 0.25) is 0 Å². The molecule has 2 aliphatic carbocycles. The summed E-state index contributed by atoms with van der Waals surface area (Å²) in [5, 5.41) is 9.56. The van der Waals surface area contributed by atoms with Crippen LogP contribution in [0.25, 0.3) is 5.57 Å². The van der Waals surface area contributed by atoms with Crippen LogP contribution in [0.5, 0.6) is 5.75 Å². The maximum absolute atomic E-state index is 14.0. The van der Waals surface area contributed by atoms with E-state index in [2.05, 4.69) is 4.90 Å². The first-order valence-corrected chi connectivity index (χ1v) is 13.9. The zero-order chi connectivity index (χ0) is 26.7. The molecule has 4 nitrogen and oxygen atoms in total. The quantitative estimate of drug-likeness (QED) is 0.359. The Balaban J connectivity index is 0.00000353. The monoisotopic (exact) mass is 563 g/mol. The van der Waals surface area contributed by atoms with Gasteiger partial charge >= 0.3 is 5.97 Å². The highest BCUT2D eigenvalue weighted by Crippen LogP contribution is 2.46. The van der Waals surface area contributed by atoms with Crippen molar-refractivity contribution in [3.05, 3.63) is 70.3 Å². The van der Waals surface area contributed by atoms with Gasteiger partial charge in [-0.1, -0.05) is 23.8 Å². The largest absolute Gasteiger partial charge is 0.489 e. The van der Waals surface area contributed by atoms with E-state index in [1.165, 1.54) is 5.57 Å². The molecule has 1 aliphatic heterocycles. The van der Waals surface area contributed by atoms with Crippen LogP contribution >= 0.6 is 12.4 Å². The predicted molar refractivity (Wildman–Crippen MR) is 149 cm³/mol. The molecule has 2 aromatic carbocycles. The van der Waals surface area contributed by atoms with Crippen molar-refractivity contribution in [3.63, 3.8) is 0 Å². The van der Waals surface area contributed by atoms with E-state index in [1.807, 2.05) is 30.3 Å². The van der Waals surface area contributed by atoms with Crippen LogP contribution in [0.15, 0.2) is 48.0 Å². The molecule has 1 unspecified atom stereocenters. The molecule has 2 aromatic rings. The number of allylic oxidation sites excluding steroid dienone is 1. The van der Waals surface area contributed by atoms with Crippen molar-refractivity contribution in [2.45, 2.75) is 69.8 Å². The molecule has 0 radical (unpaired) electrons. The molecule has 0 aromatic heterocycles. The number of likely N-dealkylation sites (tertiary alicyclic amines) is 1. The zero-order valence-corrected chi connectivity index (χ0v) is 23.0. The number of carbonyl (C=O) groups is 1. The Morgan fingerprint density at radius 3 is 2.62 bits per heavy atom. The normalized spacial score (nSPS) is 21.7. The molecule has 0 amide bonds. The maximum atomic E-state index is 14.0. The van der Waals surface area contributed by atoms with Crippen LogP contribution in [0, 0.1) is 5.92 Å². The summed E-state index contributed by atoms with van der Waals surface area (Å²) in [6, 6.07) is 13.3. The van der Waals surface area contributed by atoms with Gasteiger partial charge in [-0.15, -0.1) is 12.4 Å². The van der Waals surface area contributed by atoms with Gasteiger partial charge in [0.15, 0.2) is 0 Å². The molecule has 2 fully saturated rings. The second kappa shape index (κ2) is 12.8. The van der Waals surface area contributed by atoms with Gasteiger partial charge in [-0.05, 0) is 97.4 Å². The lowest BCUT2D eigenvalue weighted by molar-refractivity contribution is -0.0423. The van der Waals surface area contributed by atoms with E-state index in [9.17, 15) is 23.1 Å². The van der Waals surface area contributed by atoms with Gasteiger partial charge in [0.2, 0.25) is 5.92 Å². The van der Waals surface area contributed by atoms with Crippen LogP contribution in [-0.2, 0) is 6.42 Å². The van der Waals surface area contributed by atoms with Crippen LogP contribution in [-0.4, -0.2) is 54.3 Å². The Hall–Kier alpha value is -2.51. The highest BCUT2D eigenvalue weighted by molar-refractivity contribution is 5.91. The Morgan fingerprint density at radius 2 is 1.87 bits per heavy atom. The van der Waals surface area contributed by atoms with E-state index in [4.69, 9.17) is 4.74 Å². The minimum atomic E-state index is -2.59. The van der Waals surface area contributed by atoms with Gasteiger partial charge in [0.25, 0.3) is 0 Å². The number of halogens is 4. The number of benzene rings is 2. The minimum absolute atomic E-state index is 0. The second-order valence-corrected chi connectivity index (χ2v) is 11.0. The van der Waals surface area contributed by atoms with Crippen molar-refractivity contribution < 1.29 is 27.8 Å². The second-order valence-electron chi connectivity index (χ2n) is 11.0. The van der Waals surface area contributed by atoms with Crippen molar-refractivity contribution in [1.29, 1.82) is 0 Å². The van der Waals surface area contributed by atoms with E-state index < -0.39 is 11.9 Å². The topological polar surface area (TPSA) is 49.8 Å². The Bertz CT molecular complexity index is 1190. The molecule has 39 heavy (non-hydrogen) atoms. The molecule has 1 heterocycles. The highest BCUT2D eigenvalue weighted by atomic mass is 35.5. The maximum Gasteiger partial charge on any atom is 0.335 e. The van der Waals surface area contributed by atoms with E-state index in [-0.39, 0.29) is 49.5 Å². The minimum Gasteiger partial charge on any atom is -0.489 e. The van der Waals surface area contributed by atoms with Crippen molar-refractivity contribution in [3.8, 4) is 5.75 Å². The number of rotatable bonds is 8. The summed E-state index contributed by atoms with van der Waals surface area (Å²) in [6.45, 7) is 2.10. The molecule has 8 heteroatoms. The molecule has 5 rings (SSSR count). The average molecular weight is 564 g/mol. The van der Waals surface area contributed by atoms with E-state index in [0.717, 1.165) is 73.3 Å². The van der Waals surface area contributed by atoms with Crippen LogP contribution in [0.3, 0.4) is 0 Å². The van der Waals surface area contributed by atoms with Gasteiger partial charge in [-0.2, -0.15) is 0 Å². The summed E-state index contributed by atoms with van der Waals surface area (Å²) in [6.07, 6.45) is 4.61. The van der Waals surface area contributed by atoms with E-state index in [1.54, 1.807) is 12.1 Å². The average Bonchev–Trinajstić information content (AvgIpc) is 3.25. The summed E-state index contributed by atoms with van der Waals surface area (Å²) < 4.78 is 47.0. The molecule has 3 aliphatic rings. The Kier molecular flexibility index (Phi) is 9.65. The fourth-order valence-corrected chi connectivity index (χ4v) is 6.38. The summed E-state index contributed by atoms with van der Waals surface area (Å²) in [5.41, 5.74) is 5.48. The number of hydrogen-bond acceptors (Lipinski definition) is 3. The third-order valence-corrected chi connectivity index (χ3v) is 8.31. The smallest absolute Gasteiger partial charge is 0.335 e. The van der Waals surface area contributed by atoms with Crippen molar-refractivity contribution >= 4 is 23.9 Å². The number of carboxylic acid groups (broad SMARTS) is 1. The summed E-state index contributed by atoms with van der Waals surface area (Å²) >= 11 is 0. The standard InChI is InChI=1S/C31H36F3NO3.ClH/c32-15-3-16-35-17-12-26(20-35)38-25-6-1-5-23(19-25)29-27(21-10-13-31(33,34)14-11-21)7-2-4-22-18-24(30(36)37)8-9-28(22)29;/h1,5-6,8-9,18-19,21,26H,2-4,7,10-17,20H2,(H,36,37);1H. The predicted octanol–water partition coefficient (Wildman–Crippen LogP) is 7.58.